The lowest BCUT2D eigenvalue weighted by Crippen LogP contribution is -2.33. The minimum atomic E-state index is -0.513. The number of rotatable bonds is 3. The zero-order valence-corrected chi connectivity index (χ0v) is 24.1. The van der Waals surface area contributed by atoms with Crippen LogP contribution in [-0.2, 0) is 11.3 Å². The molecule has 4 heterocycles. The number of nitrogens with one attached hydrogen (secondary N) is 2. The van der Waals surface area contributed by atoms with Gasteiger partial charge in [-0.1, -0.05) is 0 Å². The Balaban J connectivity index is 1.36. The second-order valence-electron chi connectivity index (χ2n) is 10.5. The van der Waals surface area contributed by atoms with E-state index < -0.39 is 5.82 Å². The second-order valence-corrected chi connectivity index (χ2v) is 10.5. The van der Waals surface area contributed by atoms with E-state index in [1.807, 2.05) is 4.90 Å². The average Bonchev–Trinajstić information content (AvgIpc) is 3.55. The van der Waals surface area contributed by atoms with Crippen molar-refractivity contribution < 1.29 is 28.2 Å². The van der Waals surface area contributed by atoms with Gasteiger partial charge in [0, 0.05) is 57.3 Å². The first kappa shape index (κ1) is 29.7. The van der Waals surface area contributed by atoms with Gasteiger partial charge in [0.2, 0.25) is 5.91 Å². The molecule has 226 valence electrons. The lowest BCUT2D eigenvalue weighted by Gasteiger charge is -2.24. The number of benzene rings is 2. The molecule has 1 fully saturated rings. The Kier molecular flexibility index (Phi) is 9.65. The lowest BCUT2D eigenvalue weighted by atomic mass is 10.1. The first-order valence-corrected chi connectivity index (χ1v) is 14.5. The third kappa shape index (κ3) is 7.76. The molecule has 43 heavy (non-hydrogen) atoms. The highest BCUT2D eigenvalue weighted by molar-refractivity contribution is 5.95. The number of hydrogen-bond donors (Lipinski definition) is 2. The van der Waals surface area contributed by atoms with E-state index in [0.29, 0.717) is 74.0 Å². The van der Waals surface area contributed by atoms with E-state index in [0.717, 1.165) is 12.8 Å². The number of halogens is 1. The predicted molar refractivity (Wildman–Crippen MR) is 157 cm³/mol. The molecule has 1 aromatic heterocycles. The van der Waals surface area contributed by atoms with Crippen molar-refractivity contribution in [1.82, 2.24) is 25.5 Å². The van der Waals surface area contributed by atoms with Crippen LogP contribution in [0.4, 0.5) is 10.2 Å². The van der Waals surface area contributed by atoms with Crippen molar-refractivity contribution in [2.45, 2.75) is 38.6 Å². The van der Waals surface area contributed by atoms with Gasteiger partial charge in [-0.25, -0.2) is 9.37 Å². The van der Waals surface area contributed by atoms with Crippen LogP contribution in [-0.4, -0.2) is 72.4 Å². The van der Waals surface area contributed by atoms with Gasteiger partial charge in [0.1, 0.15) is 23.1 Å². The molecule has 2 N–H and O–H groups in total. The van der Waals surface area contributed by atoms with Crippen molar-refractivity contribution in [3.05, 3.63) is 71.4 Å². The van der Waals surface area contributed by atoms with Gasteiger partial charge in [-0.15, -0.1) is 0 Å². The smallest absolute Gasteiger partial charge is 0.274 e. The number of amides is 3. The van der Waals surface area contributed by atoms with Crippen LogP contribution in [0.1, 0.15) is 58.5 Å². The average molecular weight is 591 g/mol. The van der Waals surface area contributed by atoms with Crippen LogP contribution in [0.2, 0.25) is 0 Å². The Bertz CT molecular complexity index is 1480. The number of fused-ring (bicyclic) bond motifs is 13. The number of ether oxygens (including phenoxy) is 2. The fraction of sp³-hybridized carbons (Fsp3) is 0.387. The first-order valence-electron chi connectivity index (χ1n) is 14.5. The van der Waals surface area contributed by atoms with Crippen LogP contribution in [0.5, 0.6) is 17.2 Å². The maximum absolute atomic E-state index is 14.4. The third-order valence-corrected chi connectivity index (χ3v) is 7.35. The van der Waals surface area contributed by atoms with Crippen molar-refractivity contribution in [3.63, 3.8) is 0 Å². The standard InChI is InChI=1S/C31H35FN6O5/c1-42-27-16-22-7-8-26(27)43-24-15-21(14-23(32)17-24)18-35-29(39)6-4-12-37(13-5-9-34-30(22)40)28-20-33-19-25(36-28)31(41)38-10-2-3-11-38/h7-8,14-17,19-20H,2-6,9-13,18H2,1H3,(H,34,40)(H,35,39). The van der Waals surface area contributed by atoms with Gasteiger partial charge >= 0.3 is 0 Å². The highest BCUT2D eigenvalue weighted by Crippen LogP contribution is 2.33. The molecule has 11 nitrogen and oxygen atoms in total. The van der Waals surface area contributed by atoms with Crippen LogP contribution in [0.15, 0.2) is 48.8 Å². The van der Waals surface area contributed by atoms with E-state index in [-0.39, 0.29) is 42.1 Å². The van der Waals surface area contributed by atoms with Gasteiger partial charge in [0.15, 0.2) is 11.5 Å². The fourth-order valence-corrected chi connectivity index (χ4v) is 5.13. The number of methoxy groups -OCH3 is 1. The molecule has 0 saturated carbocycles. The maximum Gasteiger partial charge on any atom is 0.274 e. The summed E-state index contributed by atoms with van der Waals surface area (Å²) < 4.78 is 25.7. The summed E-state index contributed by atoms with van der Waals surface area (Å²) in [5, 5.41) is 5.76. The number of hydrogen-bond acceptors (Lipinski definition) is 8. The Hall–Kier alpha value is -4.74. The molecule has 3 aromatic rings. The Labute approximate surface area is 249 Å². The predicted octanol–water partition coefficient (Wildman–Crippen LogP) is 3.69. The molecule has 2 aromatic carbocycles. The normalized spacial score (nSPS) is 16.7. The van der Waals surface area contributed by atoms with E-state index in [9.17, 15) is 18.8 Å². The molecule has 0 spiro atoms. The molecule has 0 aliphatic carbocycles. The van der Waals surface area contributed by atoms with Gasteiger partial charge in [0.25, 0.3) is 11.8 Å². The Morgan fingerprint density at radius 1 is 0.977 bits per heavy atom. The maximum atomic E-state index is 14.4. The molecular formula is C31H35FN6O5. The van der Waals surface area contributed by atoms with E-state index in [2.05, 4.69) is 20.6 Å². The van der Waals surface area contributed by atoms with Gasteiger partial charge in [-0.2, -0.15) is 0 Å². The van der Waals surface area contributed by atoms with E-state index in [1.165, 1.54) is 25.4 Å². The molecule has 3 amide bonds. The molecule has 0 radical (unpaired) electrons. The minimum Gasteiger partial charge on any atom is -0.493 e. The Morgan fingerprint density at radius 3 is 2.60 bits per heavy atom. The number of nitrogens with zero attached hydrogens (tertiary/aromatic N) is 4. The quantitative estimate of drug-likeness (QED) is 0.473. The van der Waals surface area contributed by atoms with Crippen molar-refractivity contribution in [1.29, 1.82) is 0 Å². The van der Waals surface area contributed by atoms with Crippen molar-refractivity contribution in [2.24, 2.45) is 0 Å². The summed E-state index contributed by atoms with van der Waals surface area (Å²) in [6, 6.07) is 8.97. The summed E-state index contributed by atoms with van der Waals surface area (Å²) in [6.07, 6.45) is 6.36. The number of carbonyl (C=O) groups is 3. The number of likely N-dealkylation sites (tertiary alicyclic amines) is 1. The molecule has 12 heteroatoms. The summed E-state index contributed by atoms with van der Waals surface area (Å²) in [5.41, 5.74) is 1.20. The largest absolute Gasteiger partial charge is 0.493 e. The molecular weight excluding hydrogens is 555 g/mol. The number of aromatic nitrogens is 2. The molecule has 1 saturated heterocycles. The van der Waals surface area contributed by atoms with Gasteiger partial charge in [-0.3, -0.25) is 19.4 Å². The van der Waals surface area contributed by atoms with E-state index >= 15 is 0 Å². The zero-order chi connectivity index (χ0) is 30.2. The summed E-state index contributed by atoms with van der Waals surface area (Å²) in [7, 11) is 1.46. The number of anilines is 1. The van der Waals surface area contributed by atoms with Crippen LogP contribution < -0.4 is 25.0 Å². The lowest BCUT2D eigenvalue weighted by molar-refractivity contribution is -0.121. The van der Waals surface area contributed by atoms with Crippen LogP contribution in [0.3, 0.4) is 0 Å². The zero-order valence-electron chi connectivity index (χ0n) is 24.1. The fourth-order valence-electron chi connectivity index (χ4n) is 5.13. The van der Waals surface area contributed by atoms with E-state index in [1.54, 1.807) is 35.4 Å². The van der Waals surface area contributed by atoms with Crippen molar-refractivity contribution >= 4 is 23.5 Å². The highest BCUT2D eigenvalue weighted by Gasteiger charge is 2.22. The van der Waals surface area contributed by atoms with Crippen LogP contribution >= 0.6 is 0 Å². The molecule has 6 rings (SSSR count). The molecule has 0 unspecified atom stereocenters. The second kappa shape index (κ2) is 14.0. The number of carbonyl (C=O) groups excluding carboxylic acids is 3. The summed E-state index contributed by atoms with van der Waals surface area (Å²) in [4.78, 5) is 51.2. The SMILES string of the molecule is COc1cc2ccc1Oc1cc(F)cc(c1)CNC(=O)CCCN(c1cncc(C(=O)N3CCCC3)n1)CCCNC2=O. The summed E-state index contributed by atoms with van der Waals surface area (Å²) >= 11 is 0. The summed E-state index contributed by atoms with van der Waals surface area (Å²) in [5.74, 6) is 0.275. The topological polar surface area (TPSA) is 126 Å². The van der Waals surface area contributed by atoms with Crippen molar-refractivity contribution in [3.8, 4) is 17.2 Å². The van der Waals surface area contributed by atoms with Crippen LogP contribution in [0.25, 0.3) is 0 Å². The van der Waals surface area contributed by atoms with Gasteiger partial charge in [0.05, 0.1) is 19.5 Å². The van der Waals surface area contributed by atoms with E-state index in [4.69, 9.17) is 9.47 Å². The highest BCUT2D eigenvalue weighted by atomic mass is 19.1. The Morgan fingerprint density at radius 2 is 1.79 bits per heavy atom. The van der Waals surface area contributed by atoms with Crippen LogP contribution in [0, 0.1) is 5.82 Å². The molecule has 4 bridgehead atoms. The van der Waals surface area contributed by atoms with Gasteiger partial charge in [-0.05, 0) is 61.6 Å². The van der Waals surface area contributed by atoms with Gasteiger partial charge < -0.3 is 29.9 Å². The monoisotopic (exact) mass is 590 g/mol. The summed E-state index contributed by atoms with van der Waals surface area (Å²) in [6.45, 7) is 2.92. The molecule has 3 aliphatic heterocycles. The molecule has 0 atom stereocenters. The third-order valence-electron chi connectivity index (χ3n) is 7.35. The minimum absolute atomic E-state index is 0.124. The van der Waals surface area contributed by atoms with Crippen molar-refractivity contribution in [2.75, 3.05) is 44.7 Å². The molecule has 3 aliphatic rings. The first-order chi connectivity index (χ1) is 20.9.